The summed E-state index contributed by atoms with van der Waals surface area (Å²) in [6, 6.07) is 7.73. The summed E-state index contributed by atoms with van der Waals surface area (Å²) in [6.45, 7) is 4.01. The molecule has 36 heavy (non-hydrogen) atoms. The molecule has 2 heterocycles. The van der Waals surface area contributed by atoms with E-state index < -0.39 is 0 Å². The second-order valence-electron chi connectivity index (χ2n) is 9.73. The number of hydrogen-bond acceptors (Lipinski definition) is 6. The van der Waals surface area contributed by atoms with E-state index in [1.54, 1.807) is 32.5 Å². The van der Waals surface area contributed by atoms with Gasteiger partial charge in [0.1, 0.15) is 5.82 Å². The van der Waals surface area contributed by atoms with Crippen molar-refractivity contribution in [1.82, 2.24) is 15.2 Å². The number of aromatic nitrogens is 1. The molecule has 7 nitrogen and oxygen atoms in total. The van der Waals surface area contributed by atoms with E-state index in [1.807, 2.05) is 0 Å². The maximum Gasteiger partial charge on any atom is 0.255 e. The Morgan fingerprint density at radius 1 is 0.944 bits per heavy atom. The first-order valence-corrected chi connectivity index (χ1v) is 13.6. The zero-order valence-electron chi connectivity index (χ0n) is 22.2. The number of benzene rings is 1. The highest BCUT2D eigenvalue weighted by molar-refractivity contribution is 5.98. The third-order valence-electron chi connectivity index (χ3n) is 7.07. The van der Waals surface area contributed by atoms with E-state index in [-0.39, 0.29) is 11.7 Å². The number of unbranched alkanes of at least 4 members (excludes halogenated alkanes) is 9. The molecule has 1 amide bonds. The van der Waals surface area contributed by atoms with E-state index in [0.717, 1.165) is 43.9 Å². The van der Waals surface area contributed by atoms with Crippen molar-refractivity contribution in [3.05, 3.63) is 47.2 Å². The first-order chi connectivity index (χ1) is 17.6. The lowest BCUT2D eigenvalue weighted by molar-refractivity contribution is 0.0953. The number of rotatable bonds is 16. The molecule has 2 aromatic rings. The number of methoxy groups -OCH3 is 2. The molecule has 1 aromatic heterocycles. The van der Waals surface area contributed by atoms with Crippen molar-refractivity contribution < 1.29 is 14.3 Å². The van der Waals surface area contributed by atoms with Gasteiger partial charge in [0.15, 0.2) is 11.5 Å². The lowest BCUT2D eigenvalue weighted by Crippen LogP contribution is -2.31. The van der Waals surface area contributed by atoms with Crippen LogP contribution in [0.5, 0.6) is 11.5 Å². The SMILES string of the molecule is COc1cc2c(cc1OC)CN(CCCCCCCCCCCCNC(=O)c1cccnc1N)CC2. The molecule has 0 spiro atoms. The van der Waals surface area contributed by atoms with Crippen molar-refractivity contribution in [1.29, 1.82) is 0 Å². The van der Waals surface area contributed by atoms with Crippen molar-refractivity contribution in [2.45, 2.75) is 77.2 Å². The highest BCUT2D eigenvalue weighted by Crippen LogP contribution is 2.33. The van der Waals surface area contributed by atoms with Gasteiger partial charge in [-0.2, -0.15) is 0 Å². The predicted octanol–water partition coefficient (Wildman–Crippen LogP) is 5.37. The molecular formula is C29H44N4O3. The Labute approximate surface area is 216 Å². The standard InChI is InChI=1S/C29H44N4O3/c1-35-26-20-23-15-19-33(22-24(23)21-27(26)36-2)18-12-10-8-6-4-3-5-7-9-11-16-32-29(34)25-14-13-17-31-28(25)30/h13-14,17,20-21H,3-12,15-16,18-19,22H2,1-2H3,(H2,30,31)(H,32,34). The average molecular weight is 497 g/mol. The van der Waals surface area contributed by atoms with E-state index in [1.165, 1.54) is 69.0 Å². The highest BCUT2D eigenvalue weighted by Gasteiger charge is 2.19. The number of nitrogens with one attached hydrogen (secondary N) is 1. The normalized spacial score (nSPS) is 13.3. The monoisotopic (exact) mass is 496 g/mol. The van der Waals surface area contributed by atoms with Crippen LogP contribution >= 0.6 is 0 Å². The zero-order valence-corrected chi connectivity index (χ0v) is 22.2. The van der Waals surface area contributed by atoms with Gasteiger partial charge in [-0.1, -0.05) is 51.4 Å². The van der Waals surface area contributed by atoms with Gasteiger partial charge in [0.2, 0.25) is 0 Å². The number of hydrogen-bond donors (Lipinski definition) is 2. The van der Waals surface area contributed by atoms with Gasteiger partial charge in [0.25, 0.3) is 5.91 Å². The largest absolute Gasteiger partial charge is 0.493 e. The number of nitrogens with two attached hydrogens (primary N) is 1. The van der Waals surface area contributed by atoms with Crippen LogP contribution in [0.1, 0.15) is 85.7 Å². The highest BCUT2D eigenvalue weighted by atomic mass is 16.5. The molecule has 0 unspecified atom stereocenters. The summed E-state index contributed by atoms with van der Waals surface area (Å²) in [5, 5.41) is 2.94. The fraction of sp³-hybridized carbons (Fsp3) is 0.586. The topological polar surface area (TPSA) is 89.7 Å². The molecule has 0 atom stereocenters. The van der Waals surface area contributed by atoms with Crippen molar-refractivity contribution in [2.24, 2.45) is 0 Å². The molecular weight excluding hydrogens is 452 g/mol. The Hall–Kier alpha value is -2.80. The van der Waals surface area contributed by atoms with Gasteiger partial charge in [-0.3, -0.25) is 9.69 Å². The Balaban J connectivity index is 1.14. The summed E-state index contributed by atoms with van der Waals surface area (Å²) in [5.74, 6) is 1.82. The number of ether oxygens (including phenoxy) is 2. The van der Waals surface area contributed by atoms with E-state index in [4.69, 9.17) is 15.2 Å². The van der Waals surface area contributed by atoms with E-state index in [9.17, 15) is 4.79 Å². The molecule has 1 aromatic carbocycles. The minimum Gasteiger partial charge on any atom is -0.493 e. The van der Waals surface area contributed by atoms with Gasteiger partial charge in [0.05, 0.1) is 19.8 Å². The molecule has 0 bridgehead atoms. The Morgan fingerprint density at radius 2 is 1.56 bits per heavy atom. The second kappa shape index (κ2) is 15.3. The number of fused-ring (bicyclic) bond motifs is 1. The van der Waals surface area contributed by atoms with E-state index in [0.29, 0.717) is 12.1 Å². The number of carbonyl (C=O) groups is 1. The predicted molar refractivity (Wildman–Crippen MR) is 146 cm³/mol. The Bertz CT molecular complexity index is 950. The van der Waals surface area contributed by atoms with Crippen LogP contribution in [0.4, 0.5) is 5.82 Å². The first-order valence-electron chi connectivity index (χ1n) is 13.6. The summed E-state index contributed by atoms with van der Waals surface area (Å²) in [5.41, 5.74) is 8.97. The van der Waals surface area contributed by atoms with Crippen LogP contribution in [0.25, 0.3) is 0 Å². The number of anilines is 1. The molecule has 1 aliphatic heterocycles. The molecule has 7 heteroatoms. The molecule has 1 aliphatic rings. The minimum atomic E-state index is -0.133. The van der Waals surface area contributed by atoms with Gasteiger partial charge >= 0.3 is 0 Å². The number of carbonyl (C=O) groups excluding carboxylic acids is 1. The maximum atomic E-state index is 12.1. The van der Waals surface area contributed by atoms with Gasteiger partial charge < -0.3 is 20.5 Å². The van der Waals surface area contributed by atoms with E-state index >= 15 is 0 Å². The summed E-state index contributed by atoms with van der Waals surface area (Å²) < 4.78 is 10.9. The van der Waals surface area contributed by atoms with Crippen LogP contribution in [0.3, 0.4) is 0 Å². The molecule has 0 saturated heterocycles. The minimum absolute atomic E-state index is 0.133. The van der Waals surface area contributed by atoms with Crippen LogP contribution < -0.4 is 20.5 Å². The summed E-state index contributed by atoms with van der Waals surface area (Å²) in [7, 11) is 3.40. The smallest absolute Gasteiger partial charge is 0.255 e. The molecule has 198 valence electrons. The molecule has 3 N–H and O–H groups in total. The summed E-state index contributed by atoms with van der Waals surface area (Å²) in [4.78, 5) is 18.6. The van der Waals surface area contributed by atoms with Crippen LogP contribution in [0, 0.1) is 0 Å². The van der Waals surface area contributed by atoms with Crippen molar-refractivity contribution >= 4 is 11.7 Å². The van der Waals surface area contributed by atoms with Gasteiger partial charge in [-0.15, -0.1) is 0 Å². The molecule has 0 aliphatic carbocycles. The van der Waals surface area contributed by atoms with Crippen LogP contribution in [-0.2, 0) is 13.0 Å². The van der Waals surface area contributed by atoms with Crippen LogP contribution in [0.2, 0.25) is 0 Å². The lowest BCUT2D eigenvalue weighted by atomic mass is 9.98. The lowest BCUT2D eigenvalue weighted by Gasteiger charge is -2.29. The van der Waals surface area contributed by atoms with Crippen LogP contribution in [-0.4, -0.2) is 49.6 Å². The molecule has 0 fully saturated rings. The quantitative estimate of drug-likeness (QED) is 0.304. The number of nitrogen functional groups attached to an aromatic ring is 1. The number of nitrogens with zero attached hydrogens (tertiary/aromatic N) is 2. The average Bonchev–Trinajstić information content (AvgIpc) is 2.90. The summed E-state index contributed by atoms with van der Waals surface area (Å²) >= 11 is 0. The second-order valence-corrected chi connectivity index (χ2v) is 9.73. The fourth-order valence-corrected chi connectivity index (χ4v) is 4.91. The fourth-order valence-electron chi connectivity index (χ4n) is 4.91. The van der Waals surface area contributed by atoms with Crippen molar-refractivity contribution in [2.75, 3.05) is 39.6 Å². The third-order valence-corrected chi connectivity index (χ3v) is 7.07. The van der Waals surface area contributed by atoms with Gasteiger partial charge in [-0.25, -0.2) is 4.98 Å². The van der Waals surface area contributed by atoms with Crippen molar-refractivity contribution in [3.8, 4) is 11.5 Å². The van der Waals surface area contributed by atoms with Gasteiger partial charge in [-0.05, 0) is 61.2 Å². The molecule has 3 rings (SSSR count). The summed E-state index contributed by atoms with van der Waals surface area (Å²) in [6.07, 6.45) is 15.3. The molecule has 0 saturated carbocycles. The maximum absolute atomic E-state index is 12.1. The molecule has 0 radical (unpaired) electrons. The Kier molecular flexibility index (Phi) is 11.8. The first kappa shape index (κ1) is 27.8. The van der Waals surface area contributed by atoms with Crippen molar-refractivity contribution in [3.63, 3.8) is 0 Å². The number of amides is 1. The van der Waals surface area contributed by atoms with Crippen LogP contribution in [0.15, 0.2) is 30.5 Å². The number of pyridine rings is 1. The third kappa shape index (κ3) is 8.70. The zero-order chi connectivity index (χ0) is 25.6. The van der Waals surface area contributed by atoms with Gasteiger partial charge in [0, 0.05) is 25.8 Å². The van der Waals surface area contributed by atoms with E-state index in [2.05, 4.69) is 27.3 Å². The Morgan fingerprint density at radius 3 is 2.19 bits per heavy atom.